The highest BCUT2D eigenvalue weighted by molar-refractivity contribution is 7.14. The van der Waals surface area contributed by atoms with Crippen LogP contribution < -0.4 is 5.32 Å². The van der Waals surface area contributed by atoms with Gasteiger partial charge in [0.1, 0.15) is 0 Å². The maximum absolute atomic E-state index is 12.2. The van der Waals surface area contributed by atoms with E-state index in [9.17, 15) is 9.59 Å². The summed E-state index contributed by atoms with van der Waals surface area (Å²) >= 11 is 1.27. The Bertz CT molecular complexity index is 684. The van der Waals surface area contributed by atoms with E-state index >= 15 is 0 Å². The minimum atomic E-state index is -0.331. The van der Waals surface area contributed by atoms with Crippen molar-refractivity contribution in [2.75, 3.05) is 19.0 Å². The summed E-state index contributed by atoms with van der Waals surface area (Å²) in [7, 11) is 1.60. The molecule has 0 aliphatic heterocycles. The smallest absolute Gasteiger partial charge is 0.311 e. The lowest BCUT2D eigenvalue weighted by molar-refractivity contribution is -0.142. The number of esters is 1. The van der Waals surface area contributed by atoms with Crippen LogP contribution in [0.15, 0.2) is 29.6 Å². The molecule has 1 heterocycles. The largest absolute Gasteiger partial charge is 0.466 e. The van der Waals surface area contributed by atoms with Gasteiger partial charge in [0.2, 0.25) is 0 Å². The number of benzene rings is 1. The fraction of sp³-hybridized carbons (Fsp3) is 0.312. The van der Waals surface area contributed by atoms with Crippen LogP contribution in [0.5, 0.6) is 0 Å². The Labute approximate surface area is 138 Å². The van der Waals surface area contributed by atoms with Gasteiger partial charge in [-0.05, 0) is 24.6 Å². The number of anilines is 1. The van der Waals surface area contributed by atoms with Gasteiger partial charge in [-0.15, -0.1) is 11.3 Å². The van der Waals surface area contributed by atoms with Crippen molar-refractivity contribution in [2.45, 2.75) is 20.0 Å². The lowest BCUT2D eigenvalue weighted by Crippen LogP contribution is -2.12. The zero-order valence-corrected chi connectivity index (χ0v) is 13.8. The molecule has 1 aromatic carbocycles. The number of methoxy groups -OCH3 is 1. The molecule has 0 aliphatic carbocycles. The summed E-state index contributed by atoms with van der Waals surface area (Å²) in [5.41, 5.74) is 2.03. The first-order valence-corrected chi connectivity index (χ1v) is 7.99. The van der Waals surface area contributed by atoms with E-state index in [0.29, 0.717) is 29.6 Å². The van der Waals surface area contributed by atoms with Crippen molar-refractivity contribution >= 4 is 28.3 Å². The first-order valence-electron chi connectivity index (χ1n) is 7.11. The minimum Gasteiger partial charge on any atom is -0.466 e. The van der Waals surface area contributed by atoms with E-state index in [1.54, 1.807) is 37.6 Å². The van der Waals surface area contributed by atoms with Gasteiger partial charge in [0.25, 0.3) is 5.91 Å². The summed E-state index contributed by atoms with van der Waals surface area (Å²) in [5, 5.41) is 4.91. The second-order valence-corrected chi connectivity index (χ2v) is 5.57. The second kappa shape index (κ2) is 8.40. The minimum absolute atomic E-state index is 0.101. The summed E-state index contributed by atoms with van der Waals surface area (Å²) < 4.78 is 9.92. The Morgan fingerprint density at radius 2 is 2.17 bits per heavy atom. The van der Waals surface area contributed by atoms with Gasteiger partial charge in [-0.1, -0.05) is 12.1 Å². The van der Waals surface area contributed by atoms with Gasteiger partial charge in [0.15, 0.2) is 5.13 Å². The van der Waals surface area contributed by atoms with Gasteiger partial charge in [0.05, 0.1) is 25.3 Å². The molecule has 23 heavy (non-hydrogen) atoms. The molecule has 1 aromatic heterocycles. The van der Waals surface area contributed by atoms with E-state index in [1.807, 2.05) is 6.07 Å². The number of thiazole rings is 1. The van der Waals surface area contributed by atoms with Crippen molar-refractivity contribution in [1.82, 2.24) is 4.98 Å². The van der Waals surface area contributed by atoms with Gasteiger partial charge >= 0.3 is 5.97 Å². The molecule has 0 saturated carbocycles. The summed E-state index contributed by atoms with van der Waals surface area (Å²) in [6, 6.07) is 7.19. The average molecular weight is 334 g/mol. The number of rotatable bonds is 7. The van der Waals surface area contributed by atoms with Crippen LogP contribution in [0, 0.1) is 0 Å². The molecule has 122 valence electrons. The third-order valence-corrected chi connectivity index (χ3v) is 3.71. The zero-order chi connectivity index (χ0) is 16.7. The molecular formula is C16H18N2O4S. The lowest BCUT2D eigenvalue weighted by Gasteiger charge is -2.04. The van der Waals surface area contributed by atoms with Crippen LogP contribution in [0.2, 0.25) is 0 Å². The van der Waals surface area contributed by atoms with E-state index in [1.165, 1.54) is 11.3 Å². The predicted molar refractivity (Wildman–Crippen MR) is 87.6 cm³/mol. The Morgan fingerprint density at radius 1 is 1.35 bits per heavy atom. The molecule has 1 amide bonds. The van der Waals surface area contributed by atoms with Crippen molar-refractivity contribution in [3.8, 4) is 0 Å². The number of aromatic nitrogens is 1. The number of carbonyl (C=O) groups excluding carboxylic acids is 2. The molecule has 0 fully saturated rings. The first kappa shape index (κ1) is 17.1. The molecule has 7 heteroatoms. The molecule has 0 unspecified atom stereocenters. The van der Waals surface area contributed by atoms with Crippen molar-refractivity contribution < 1.29 is 19.1 Å². The van der Waals surface area contributed by atoms with Crippen LogP contribution in [0.3, 0.4) is 0 Å². The highest BCUT2D eigenvalue weighted by atomic mass is 32.1. The number of ether oxygens (including phenoxy) is 2. The number of amides is 1. The van der Waals surface area contributed by atoms with E-state index < -0.39 is 0 Å². The van der Waals surface area contributed by atoms with E-state index in [2.05, 4.69) is 10.3 Å². The number of hydrogen-bond acceptors (Lipinski definition) is 6. The third kappa shape index (κ3) is 5.15. The van der Waals surface area contributed by atoms with Gasteiger partial charge in [0, 0.05) is 18.1 Å². The second-order valence-electron chi connectivity index (χ2n) is 4.71. The topological polar surface area (TPSA) is 77.5 Å². The molecule has 0 saturated heterocycles. The van der Waals surface area contributed by atoms with Crippen molar-refractivity contribution in [3.63, 3.8) is 0 Å². The van der Waals surface area contributed by atoms with Crippen LogP contribution in [0.1, 0.15) is 28.5 Å². The Balaban J connectivity index is 1.99. The van der Waals surface area contributed by atoms with Crippen LogP contribution in [-0.4, -0.2) is 30.6 Å². The molecule has 0 spiro atoms. The van der Waals surface area contributed by atoms with Gasteiger partial charge in [-0.3, -0.25) is 14.9 Å². The molecule has 6 nitrogen and oxygen atoms in total. The molecule has 0 radical (unpaired) electrons. The first-order chi connectivity index (χ1) is 11.1. The highest BCUT2D eigenvalue weighted by Crippen LogP contribution is 2.17. The molecule has 2 aromatic rings. The molecule has 0 atom stereocenters. The summed E-state index contributed by atoms with van der Waals surface area (Å²) in [4.78, 5) is 27.9. The average Bonchev–Trinajstić information content (AvgIpc) is 2.95. The molecule has 0 aliphatic rings. The fourth-order valence-corrected chi connectivity index (χ4v) is 2.65. The lowest BCUT2D eigenvalue weighted by atomic mass is 10.1. The highest BCUT2D eigenvalue weighted by Gasteiger charge is 2.12. The fourth-order valence-electron chi connectivity index (χ4n) is 1.94. The molecule has 0 bridgehead atoms. The zero-order valence-electron chi connectivity index (χ0n) is 13.0. The van der Waals surface area contributed by atoms with Crippen LogP contribution in [0.4, 0.5) is 5.13 Å². The van der Waals surface area contributed by atoms with Crippen LogP contribution in [0.25, 0.3) is 0 Å². The molecular weight excluding hydrogens is 316 g/mol. The van der Waals surface area contributed by atoms with Gasteiger partial charge in [-0.2, -0.15) is 0 Å². The van der Waals surface area contributed by atoms with E-state index in [4.69, 9.17) is 9.47 Å². The Hall–Kier alpha value is -2.25. The van der Waals surface area contributed by atoms with E-state index in [0.717, 1.165) is 5.56 Å². The standard InChI is InChI=1S/C16H18N2O4S/c1-3-22-14(19)8-13-10-23-16(17-13)18-15(20)12-6-4-5-11(7-12)9-21-2/h4-7,10H,3,8-9H2,1-2H3,(H,17,18,20). The van der Waals surface area contributed by atoms with Crippen molar-refractivity contribution in [1.29, 1.82) is 0 Å². The monoisotopic (exact) mass is 334 g/mol. The Morgan fingerprint density at radius 3 is 2.91 bits per heavy atom. The number of nitrogens with one attached hydrogen (secondary N) is 1. The predicted octanol–water partition coefficient (Wildman–Crippen LogP) is 2.65. The quantitative estimate of drug-likeness (QED) is 0.788. The Kier molecular flexibility index (Phi) is 6.25. The maximum Gasteiger partial charge on any atom is 0.311 e. The molecule has 2 rings (SSSR count). The van der Waals surface area contributed by atoms with Gasteiger partial charge in [-0.25, -0.2) is 4.98 Å². The summed E-state index contributed by atoms with van der Waals surface area (Å²) in [6.07, 6.45) is 0.101. The van der Waals surface area contributed by atoms with Crippen LogP contribution in [-0.2, 0) is 27.3 Å². The molecule has 1 N–H and O–H groups in total. The van der Waals surface area contributed by atoms with Crippen LogP contribution >= 0.6 is 11.3 Å². The summed E-state index contributed by atoms with van der Waals surface area (Å²) in [5.74, 6) is -0.581. The normalized spacial score (nSPS) is 10.3. The maximum atomic E-state index is 12.2. The number of hydrogen-bond donors (Lipinski definition) is 1. The third-order valence-electron chi connectivity index (χ3n) is 2.90. The summed E-state index contributed by atoms with van der Waals surface area (Å²) in [6.45, 7) is 2.54. The van der Waals surface area contributed by atoms with E-state index in [-0.39, 0.29) is 18.3 Å². The number of nitrogens with zero attached hydrogens (tertiary/aromatic N) is 1. The number of carbonyl (C=O) groups is 2. The van der Waals surface area contributed by atoms with Gasteiger partial charge < -0.3 is 9.47 Å². The van der Waals surface area contributed by atoms with Crippen molar-refractivity contribution in [2.24, 2.45) is 0 Å². The van der Waals surface area contributed by atoms with Crippen molar-refractivity contribution in [3.05, 3.63) is 46.5 Å². The SMILES string of the molecule is CCOC(=O)Cc1csc(NC(=O)c2cccc(COC)c2)n1.